The van der Waals surface area contributed by atoms with Crippen molar-refractivity contribution >= 4 is 17.4 Å². The van der Waals surface area contributed by atoms with E-state index in [4.69, 9.17) is 17.3 Å². The van der Waals surface area contributed by atoms with E-state index in [9.17, 15) is 0 Å². The molecule has 2 rings (SSSR count). The Morgan fingerprint density at radius 3 is 2.59 bits per heavy atom. The summed E-state index contributed by atoms with van der Waals surface area (Å²) in [5.74, 6) is 1.02. The quantitative estimate of drug-likeness (QED) is 0.877. The number of nitrogens with two attached hydrogens (primary N) is 1. The van der Waals surface area contributed by atoms with Crippen molar-refractivity contribution in [1.82, 2.24) is 9.88 Å². The topological polar surface area (TPSA) is 45.4 Å². The molecule has 0 amide bonds. The summed E-state index contributed by atoms with van der Waals surface area (Å²) in [6.07, 6.45) is 2.79. The first kappa shape index (κ1) is 12.6. The van der Waals surface area contributed by atoms with Crippen molar-refractivity contribution in [3.63, 3.8) is 0 Å². The molecule has 0 saturated carbocycles. The molecule has 0 aliphatic carbocycles. The molecule has 0 atom stereocenters. The summed E-state index contributed by atoms with van der Waals surface area (Å²) in [5.41, 5.74) is 5.52. The first-order valence-corrected chi connectivity index (χ1v) is 6.46. The number of piperazine rings is 1. The molecule has 1 aromatic heterocycles. The lowest BCUT2D eigenvalue weighted by Gasteiger charge is -2.35. The second kappa shape index (κ2) is 6.19. The van der Waals surface area contributed by atoms with Gasteiger partial charge in [-0.25, -0.2) is 4.98 Å². The summed E-state index contributed by atoms with van der Waals surface area (Å²) in [6, 6.07) is 3.88. The lowest BCUT2D eigenvalue weighted by molar-refractivity contribution is 0.256. The summed E-state index contributed by atoms with van der Waals surface area (Å²) in [6.45, 7) is 6.12. The molecule has 2 N–H and O–H groups in total. The molecule has 0 spiro atoms. The maximum Gasteiger partial charge on any atom is 0.128 e. The summed E-state index contributed by atoms with van der Waals surface area (Å²) in [4.78, 5) is 9.10. The van der Waals surface area contributed by atoms with Gasteiger partial charge >= 0.3 is 0 Å². The number of rotatable bonds is 4. The van der Waals surface area contributed by atoms with Gasteiger partial charge in [-0.05, 0) is 31.6 Å². The Morgan fingerprint density at radius 1 is 1.24 bits per heavy atom. The molecule has 1 saturated heterocycles. The molecular formula is C12H19ClN4. The Bertz CT molecular complexity index is 333. The van der Waals surface area contributed by atoms with Crippen molar-refractivity contribution in [3.05, 3.63) is 23.4 Å². The highest BCUT2D eigenvalue weighted by Crippen LogP contribution is 2.16. The third-order valence-electron chi connectivity index (χ3n) is 3.09. The van der Waals surface area contributed by atoms with Gasteiger partial charge in [-0.2, -0.15) is 0 Å². The van der Waals surface area contributed by atoms with Gasteiger partial charge < -0.3 is 10.6 Å². The van der Waals surface area contributed by atoms with Crippen molar-refractivity contribution in [3.8, 4) is 0 Å². The van der Waals surface area contributed by atoms with Crippen LogP contribution in [0.15, 0.2) is 18.3 Å². The molecule has 0 radical (unpaired) electrons. The molecule has 1 fully saturated rings. The van der Waals surface area contributed by atoms with Gasteiger partial charge in [-0.1, -0.05) is 11.6 Å². The van der Waals surface area contributed by atoms with Crippen molar-refractivity contribution in [2.24, 2.45) is 5.73 Å². The number of anilines is 1. The van der Waals surface area contributed by atoms with Crippen molar-refractivity contribution in [2.45, 2.75) is 6.42 Å². The van der Waals surface area contributed by atoms with Crippen LogP contribution >= 0.6 is 11.6 Å². The van der Waals surface area contributed by atoms with Gasteiger partial charge in [0, 0.05) is 32.4 Å². The number of halogens is 1. The Kier molecular flexibility index (Phi) is 4.59. The van der Waals surface area contributed by atoms with Crippen LogP contribution in [-0.2, 0) is 0 Å². The number of nitrogens with zero attached hydrogens (tertiary/aromatic N) is 3. The van der Waals surface area contributed by atoms with Crippen LogP contribution < -0.4 is 10.6 Å². The molecule has 1 aliphatic heterocycles. The summed E-state index contributed by atoms with van der Waals surface area (Å²) in [7, 11) is 0. The Morgan fingerprint density at radius 2 is 2.00 bits per heavy atom. The highest BCUT2D eigenvalue weighted by atomic mass is 35.5. The van der Waals surface area contributed by atoms with Gasteiger partial charge in [0.25, 0.3) is 0 Å². The van der Waals surface area contributed by atoms with E-state index in [2.05, 4.69) is 14.8 Å². The molecular weight excluding hydrogens is 236 g/mol. The largest absolute Gasteiger partial charge is 0.354 e. The molecule has 0 aromatic carbocycles. The normalized spacial score (nSPS) is 17.4. The minimum absolute atomic E-state index is 0.690. The fourth-order valence-corrected chi connectivity index (χ4v) is 2.18. The summed E-state index contributed by atoms with van der Waals surface area (Å²) >= 11 is 5.83. The first-order chi connectivity index (χ1) is 8.29. The van der Waals surface area contributed by atoms with Crippen LogP contribution in [0.4, 0.5) is 5.82 Å². The smallest absolute Gasteiger partial charge is 0.128 e. The monoisotopic (exact) mass is 254 g/mol. The maximum absolute atomic E-state index is 5.83. The zero-order valence-corrected chi connectivity index (χ0v) is 10.7. The standard InChI is InChI=1S/C12H19ClN4/c13-11-2-3-12(15-10-11)17-8-6-16(7-9-17)5-1-4-14/h2-3,10H,1,4-9,14H2. The average molecular weight is 255 g/mol. The fourth-order valence-electron chi connectivity index (χ4n) is 2.07. The minimum atomic E-state index is 0.690. The van der Waals surface area contributed by atoms with E-state index in [0.29, 0.717) is 5.02 Å². The molecule has 1 aliphatic rings. The van der Waals surface area contributed by atoms with Gasteiger partial charge in [0.2, 0.25) is 0 Å². The van der Waals surface area contributed by atoms with Crippen molar-refractivity contribution in [2.75, 3.05) is 44.2 Å². The van der Waals surface area contributed by atoms with Crippen LogP contribution in [0, 0.1) is 0 Å². The van der Waals surface area contributed by atoms with Gasteiger partial charge in [0.15, 0.2) is 0 Å². The van der Waals surface area contributed by atoms with Crippen LogP contribution in [-0.4, -0.2) is 49.2 Å². The third kappa shape index (κ3) is 3.56. The van der Waals surface area contributed by atoms with E-state index in [0.717, 1.165) is 51.5 Å². The Balaban J connectivity index is 1.84. The van der Waals surface area contributed by atoms with Crippen LogP contribution in [0.5, 0.6) is 0 Å². The second-order valence-corrected chi connectivity index (χ2v) is 4.74. The first-order valence-electron chi connectivity index (χ1n) is 6.08. The van der Waals surface area contributed by atoms with Crippen LogP contribution in [0.2, 0.25) is 5.02 Å². The zero-order valence-electron chi connectivity index (χ0n) is 9.98. The lowest BCUT2D eigenvalue weighted by atomic mass is 10.3. The highest BCUT2D eigenvalue weighted by Gasteiger charge is 2.17. The van der Waals surface area contributed by atoms with Crippen LogP contribution in [0.3, 0.4) is 0 Å². The molecule has 1 aromatic rings. The highest BCUT2D eigenvalue weighted by molar-refractivity contribution is 6.30. The van der Waals surface area contributed by atoms with Gasteiger partial charge in [0.05, 0.1) is 5.02 Å². The van der Waals surface area contributed by atoms with Gasteiger partial charge in [-0.3, -0.25) is 4.90 Å². The molecule has 5 heteroatoms. The number of hydrogen-bond donors (Lipinski definition) is 1. The van der Waals surface area contributed by atoms with Crippen LogP contribution in [0.25, 0.3) is 0 Å². The molecule has 0 bridgehead atoms. The van der Waals surface area contributed by atoms with E-state index in [-0.39, 0.29) is 0 Å². The summed E-state index contributed by atoms with van der Waals surface area (Å²) < 4.78 is 0. The van der Waals surface area contributed by atoms with E-state index >= 15 is 0 Å². The second-order valence-electron chi connectivity index (χ2n) is 4.31. The summed E-state index contributed by atoms with van der Waals surface area (Å²) in [5, 5.41) is 0.690. The van der Waals surface area contributed by atoms with E-state index in [1.54, 1.807) is 6.20 Å². The molecule has 0 unspecified atom stereocenters. The number of aromatic nitrogens is 1. The third-order valence-corrected chi connectivity index (χ3v) is 3.31. The zero-order chi connectivity index (χ0) is 12.1. The number of pyridine rings is 1. The minimum Gasteiger partial charge on any atom is -0.354 e. The van der Waals surface area contributed by atoms with Crippen molar-refractivity contribution in [1.29, 1.82) is 0 Å². The van der Waals surface area contributed by atoms with E-state index in [1.807, 2.05) is 12.1 Å². The predicted octanol–water partition coefficient (Wildman–Crippen LogP) is 1.21. The Labute approximate surface area is 107 Å². The molecule has 2 heterocycles. The van der Waals surface area contributed by atoms with Crippen LogP contribution in [0.1, 0.15) is 6.42 Å². The Hall–Kier alpha value is -0.840. The maximum atomic E-state index is 5.83. The predicted molar refractivity (Wildman–Crippen MR) is 71.6 cm³/mol. The van der Waals surface area contributed by atoms with E-state index < -0.39 is 0 Å². The molecule has 4 nitrogen and oxygen atoms in total. The lowest BCUT2D eigenvalue weighted by Crippen LogP contribution is -2.47. The SMILES string of the molecule is NCCCN1CCN(c2ccc(Cl)cn2)CC1. The fraction of sp³-hybridized carbons (Fsp3) is 0.583. The van der Waals surface area contributed by atoms with Gasteiger partial charge in [0.1, 0.15) is 5.82 Å². The van der Waals surface area contributed by atoms with Crippen molar-refractivity contribution < 1.29 is 0 Å². The molecule has 94 valence electrons. The number of hydrogen-bond acceptors (Lipinski definition) is 4. The average Bonchev–Trinajstić information content (AvgIpc) is 2.38. The molecule has 17 heavy (non-hydrogen) atoms. The van der Waals surface area contributed by atoms with E-state index in [1.165, 1.54) is 0 Å². The van der Waals surface area contributed by atoms with Gasteiger partial charge in [-0.15, -0.1) is 0 Å².